The van der Waals surface area contributed by atoms with E-state index in [-0.39, 0.29) is 5.97 Å². The molecule has 0 aliphatic rings. The van der Waals surface area contributed by atoms with Gasteiger partial charge < -0.3 is 4.43 Å². The molecule has 0 saturated heterocycles. The number of hydrogen-bond acceptors (Lipinski definition) is 2. The first-order valence-electron chi connectivity index (χ1n) is 6.86. The van der Waals surface area contributed by atoms with Gasteiger partial charge in [0.05, 0.1) is 0 Å². The van der Waals surface area contributed by atoms with Crippen LogP contribution in [0, 0.1) is 17.8 Å². The molecule has 0 amide bonds. The second kappa shape index (κ2) is 7.19. The zero-order valence-electron chi connectivity index (χ0n) is 12.7. The predicted octanol–water partition coefficient (Wildman–Crippen LogP) is 4.46. The van der Waals surface area contributed by atoms with Crippen molar-refractivity contribution in [3.8, 4) is 0 Å². The molecule has 17 heavy (non-hydrogen) atoms. The summed E-state index contributed by atoms with van der Waals surface area (Å²) in [6, 6.07) is 3.30. The van der Waals surface area contributed by atoms with Crippen molar-refractivity contribution in [2.24, 2.45) is 17.8 Å². The highest BCUT2D eigenvalue weighted by Gasteiger charge is 2.39. The molecule has 102 valence electrons. The van der Waals surface area contributed by atoms with E-state index >= 15 is 0 Å². The van der Waals surface area contributed by atoms with Gasteiger partial charge in [0.2, 0.25) is 0 Å². The first-order valence-corrected chi connectivity index (χ1v) is 9.39. The Bertz CT molecular complexity index is 208. The lowest BCUT2D eigenvalue weighted by Gasteiger charge is -2.35. The molecular weight excluding hydrogens is 228 g/mol. The van der Waals surface area contributed by atoms with Gasteiger partial charge in [-0.3, -0.25) is 4.79 Å². The molecule has 0 saturated carbocycles. The summed E-state index contributed by atoms with van der Waals surface area (Å²) >= 11 is 0. The van der Waals surface area contributed by atoms with Gasteiger partial charge >= 0.3 is 0 Å². The van der Waals surface area contributed by atoms with Crippen LogP contribution in [0.15, 0.2) is 0 Å². The van der Waals surface area contributed by atoms with Crippen LogP contribution in [-0.2, 0) is 9.22 Å². The zero-order chi connectivity index (χ0) is 13.6. The van der Waals surface area contributed by atoms with Crippen LogP contribution in [0.4, 0.5) is 0 Å². The number of rotatable bonds is 7. The molecule has 0 aromatic heterocycles. The fraction of sp³-hybridized carbons (Fsp3) is 0.929. The second-order valence-corrected chi connectivity index (χ2v) is 10.4. The highest BCUT2D eigenvalue weighted by atomic mass is 28.4. The van der Waals surface area contributed by atoms with Gasteiger partial charge in [0.15, 0.2) is 0 Å². The molecule has 0 bridgehead atoms. The molecule has 0 aromatic rings. The molecule has 2 nitrogen and oxygen atoms in total. The van der Waals surface area contributed by atoms with Crippen LogP contribution in [0.25, 0.3) is 0 Å². The first kappa shape index (κ1) is 16.7. The fourth-order valence-corrected chi connectivity index (χ4v) is 8.74. The lowest BCUT2D eigenvalue weighted by molar-refractivity contribution is -0.132. The van der Waals surface area contributed by atoms with Crippen LogP contribution in [0.5, 0.6) is 0 Å². The minimum atomic E-state index is -1.90. The average molecular weight is 258 g/mol. The predicted molar refractivity (Wildman–Crippen MR) is 76.5 cm³/mol. The first-order chi connectivity index (χ1) is 7.67. The van der Waals surface area contributed by atoms with Gasteiger partial charge in [0, 0.05) is 6.92 Å². The topological polar surface area (TPSA) is 26.3 Å². The Morgan fingerprint density at radius 2 is 1.18 bits per heavy atom. The fourth-order valence-electron chi connectivity index (χ4n) is 2.91. The van der Waals surface area contributed by atoms with E-state index in [1.54, 1.807) is 6.92 Å². The summed E-state index contributed by atoms with van der Waals surface area (Å²) < 4.78 is 5.87. The molecular formula is C14H30O2Si. The molecule has 0 aliphatic carbocycles. The van der Waals surface area contributed by atoms with E-state index in [0.717, 1.165) is 18.1 Å². The van der Waals surface area contributed by atoms with E-state index in [9.17, 15) is 4.79 Å². The summed E-state index contributed by atoms with van der Waals surface area (Å²) in [7, 11) is -1.90. The molecule has 0 heterocycles. The molecule has 0 N–H and O–H groups in total. The van der Waals surface area contributed by atoms with Crippen LogP contribution in [0.2, 0.25) is 18.1 Å². The third kappa shape index (κ3) is 7.58. The minimum absolute atomic E-state index is 0.0846. The lowest BCUT2D eigenvalue weighted by Crippen LogP contribution is -2.43. The molecule has 0 aromatic carbocycles. The summed E-state index contributed by atoms with van der Waals surface area (Å²) in [5.74, 6) is 1.74. The maximum absolute atomic E-state index is 11.4. The van der Waals surface area contributed by atoms with Crippen molar-refractivity contribution in [1.29, 1.82) is 0 Å². The van der Waals surface area contributed by atoms with E-state index < -0.39 is 8.32 Å². The Morgan fingerprint density at radius 1 is 0.882 bits per heavy atom. The second-order valence-electron chi connectivity index (χ2n) is 6.57. The third-order valence-corrected chi connectivity index (χ3v) is 8.10. The Labute approximate surface area is 108 Å². The van der Waals surface area contributed by atoms with Gasteiger partial charge in [-0.2, -0.15) is 0 Å². The molecule has 0 unspecified atom stereocenters. The normalized spacial score (nSPS) is 12.6. The third-order valence-electron chi connectivity index (χ3n) is 2.70. The maximum atomic E-state index is 11.4. The molecule has 0 aliphatic heterocycles. The molecule has 0 spiro atoms. The summed E-state index contributed by atoms with van der Waals surface area (Å²) in [4.78, 5) is 11.4. The van der Waals surface area contributed by atoms with E-state index in [2.05, 4.69) is 41.5 Å². The van der Waals surface area contributed by atoms with Gasteiger partial charge in [0.1, 0.15) is 0 Å². The van der Waals surface area contributed by atoms with Gasteiger partial charge in [-0.15, -0.1) is 0 Å². The molecule has 3 heteroatoms. The van der Waals surface area contributed by atoms with Crippen molar-refractivity contribution in [3.05, 3.63) is 0 Å². The number of carbonyl (C=O) groups excluding carboxylic acids is 1. The Morgan fingerprint density at radius 3 is 1.35 bits per heavy atom. The SMILES string of the molecule is CC(=O)O[Si](CC(C)C)(CC(C)C)CC(C)C. The van der Waals surface area contributed by atoms with Gasteiger partial charge in [0.25, 0.3) is 14.3 Å². The maximum Gasteiger partial charge on any atom is 0.289 e. The van der Waals surface area contributed by atoms with Crippen molar-refractivity contribution in [2.75, 3.05) is 0 Å². The molecule has 0 fully saturated rings. The lowest BCUT2D eigenvalue weighted by atomic mass is 10.2. The monoisotopic (exact) mass is 258 g/mol. The summed E-state index contributed by atoms with van der Waals surface area (Å²) in [6.07, 6.45) is 0. The smallest absolute Gasteiger partial charge is 0.289 e. The van der Waals surface area contributed by atoms with Crippen LogP contribution in [0.3, 0.4) is 0 Å². The van der Waals surface area contributed by atoms with E-state index in [4.69, 9.17) is 4.43 Å². The largest absolute Gasteiger partial charge is 0.519 e. The van der Waals surface area contributed by atoms with Crippen molar-refractivity contribution >= 4 is 14.3 Å². The molecule has 0 radical (unpaired) electrons. The van der Waals surface area contributed by atoms with Gasteiger partial charge in [-0.05, 0) is 35.9 Å². The van der Waals surface area contributed by atoms with Crippen LogP contribution >= 0.6 is 0 Å². The summed E-state index contributed by atoms with van der Waals surface area (Å²) in [5.41, 5.74) is 0. The van der Waals surface area contributed by atoms with E-state index in [0.29, 0.717) is 17.8 Å². The van der Waals surface area contributed by atoms with Gasteiger partial charge in [-0.25, -0.2) is 0 Å². The Hall–Kier alpha value is -0.313. The van der Waals surface area contributed by atoms with E-state index in [1.165, 1.54) is 0 Å². The van der Waals surface area contributed by atoms with Crippen LogP contribution in [-0.4, -0.2) is 14.3 Å². The van der Waals surface area contributed by atoms with Crippen molar-refractivity contribution in [3.63, 3.8) is 0 Å². The average Bonchev–Trinajstić information content (AvgIpc) is 1.95. The minimum Gasteiger partial charge on any atom is -0.519 e. The quantitative estimate of drug-likeness (QED) is 0.630. The number of hydrogen-bond donors (Lipinski definition) is 0. The van der Waals surface area contributed by atoms with Gasteiger partial charge in [-0.1, -0.05) is 41.5 Å². The summed E-state index contributed by atoms with van der Waals surface area (Å²) in [6.45, 7) is 14.9. The zero-order valence-corrected chi connectivity index (χ0v) is 13.7. The Balaban J connectivity index is 4.96. The highest BCUT2D eigenvalue weighted by molar-refractivity contribution is 6.75. The number of carbonyl (C=O) groups is 1. The molecule has 0 rings (SSSR count). The van der Waals surface area contributed by atoms with E-state index in [1.807, 2.05) is 0 Å². The molecule has 0 atom stereocenters. The van der Waals surface area contributed by atoms with Crippen LogP contribution in [0.1, 0.15) is 48.5 Å². The Kier molecular flexibility index (Phi) is 7.06. The summed E-state index contributed by atoms with van der Waals surface area (Å²) in [5, 5.41) is 0. The van der Waals surface area contributed by atoms with Crippen molar-refractivity contribution in [2.45, 2.75) is 66.6 Å². The standard InChI is InChI=1S/C14H30O2Si/c1-11(2)8-17(9-12(3)4,10-13(5)6)16-14(7)15/h11-13H,8-10H2,1-7H3. The van der Waals surface area contributed by atoms with Crippen molar-refractivity contribution < 1.29 is 9.22 Å². The highest BCUT2D eigenvalue weighted by Crippen LogP contribution is 2.33. The van der Waals surface area contributed by atoms with Crippen LogP contribution < -0.4 is 0 Å². The van der Waals surface area contributed by atoms with Crippen molar-refractivity contribution in [1.82, 2.24) is 0 Å².